The Hall–Kier alpha value is -5.82. The number of pyridine rings is 1. The third-order valence-corrected chi connectivity index (χ3v) is 15.6. The first-order chi connectivity index (χ1) is 39.0. The van der Waals surface area contributed by atoms with E-state index in [1.165, 1.54) is 17.0 Å². The Bertz CT molecular complexity index is 2850. The summed E-state index contributed by atoms with van der Waals surface area (Å²) in [5, 5.41) is 21.3. The molecule has 0 aliphatic carbocycles. The lowest BCUT2D eigenvalue weighted by Gasteiger charge is -2.35. The van der Waals surface area contributed by atoms with Crippen LogP contribution in [0.4, 0.5) is 10.2 Å². The molecule has 0 saturated carbocycles. The smallest absolute Gasteiger partial charge is 0.246 e. The number of piperidine rings is 1. The number of anilines is 1. The maximum absolute atomic E-state index is 14.0. The molecular weight excluding hydrogens is 1110 g/mol. The highest BCUT2D eigenvalue weighted by molar-refractivity contribution is 7.13. The van der Waals surface area contributed by atoms with Crippen LogP contribution in [-0.2, 0) is 55.8 Å². The van der Waals surface area contributed by atoms with E-state index in [1.807, 2.05) is 73.2 Å². The molecule has 4 amide bonds. The number of rotatable bonds is 30. The van der Waals surface area contributed by atoms with Gasteiger partial charge in [0.1, 0.15) is 17.9 Å². The fraction of sp³-hybridized carbons (Fsp3) is 0.526. The maximum Gasteiger partial charge on any atom is 0.246 e. The molecule has 2 aliphatic rings. The van der Waals surface area contributed by atoms with Gasteiger partial charge in [0.25, 0.3) is 0 Å². The number of hydrogen-bond acceptors (Lipinski definition) is 16. The first-order valence-electron chi connectivity index (χ1n) is 27.2. The van der Waals surface area contributed by atoms with Crippen molar-refractivity contribution in [1.82, 2.24) is 40.2 Å². The largest absolute Gasteiger partial charge is 0.489 e. The SMILES string of the molecule is Cc1ncsc1-c1ccc(CNC(=O)[C@@H]2C[C@@H](O)CN2C(=O)[C@@H](NC(=O)CCOCCOCCOCCOCCOCCC(=O)N2CCC(n3cc(-c4cnc(N)c(OCCc5c(Cl)ccc(F)c5Cl)c4)cn3)CC2)C(C)(C)C)cc1. The number of ether oxygens (including phenoxy) is 6. The standard InChI is InChI=1S/C57H74Cl2FN9O11S/c1-37-52(81-36-64-37)39-7-5-38(6-8-39)31-63-55(73)47-30-43(70)35-68(47)56(74)53(57(2,3)4)66-49(71)14-18-75-21-23-77-25-27-79-28-26-78-24-22-76-19-15-50(72)67-16-11-42(12-17-67)69-34-41(33-65-69)40-29-48(54(61)62-32-40)80-20-13-44-45(58)9-10-46(60)51(44)59/h5-10,29,32-34,36,42-43,47,53,70H,11-28,30-31,35H2,1-4H3,(H2,61,62)(H,63,73)(H,66,71)/t43-,47+,53-/m1/s1. The summed E-state index contributed by atoms with van der Waals surface area (Å²) in [4.78, 5) is 66.3. The van der Waals surface area contributed by atoms with Gasteiger partial charge in [-0.3, -0.25) is 23.9 Å². The fourth-order valence-electron chi connectivity index (χ4n) is 9.33. The van der Waals surface area contributed by atoms with Gasteiger partial charge < -0.3 is 59.7 Å². The van der Waals surface area contributed by atoms with Crippen LogP contribution in [0.5, 0.6) is 5.75 Å². The number of amides is 4. The van der Waals surface area contributed by atoms with Gasteiger partial charge in [0.2, 0.25) is 23.6 Å². The van der Waals surface area contributed by atoms with Crippen molar-refractivity contribution < 1.29 is 57.1 Å². The van der Waals surface area contributed by atoms with Crippen LogP contribution in [0.2, 0.25) is 10.0 Å². The van der Waals surface area contributed by atoms with Crippen molar-refractivity contribution >= 4 is 64.0 Å². The van der Waals surface area contributed by atoms with Crippen molar-refractivity contribution in [3.8, 4) is 27.3 Å². The number of nitrogens with one attached hydrogen (secondary N) is 2. The molecule has 5 N–H and O–H groups in total. The lowest BCUT2D eigenvalue weighted by molar-refractivity contribution is -0.144. The van der Waals surface area contributed by atoms with E-state index in [0.717, 1.165) is 45.7 Å². The van der Waals surface area contributed by atoms with Gasteiger partial charge in [-0.1, -0.05) is 68.2 Å². The first kappa shape index (κ1) is 62.8. The second-order valence-corrected chi connectivity index (χ2v) is 22.5. The Morgan fingerprint density at radius 3 is 2.11 bits per heavy atom. The summed E-state index contributed by atoms with van der Waals surface area (Å²) in [5.74, 6) is -1.10. The van der Waals surface area contributed by atoms with Crippen LogP contribution in [-0.4, -0.2) is 169 Å². The van der Waals surface area contributed by atoms with Gasteiger partial charge in [-0.25, -0.2) is 14.4 Å². The van der Waals surface area contributed by atoms with E-state index >= 15 is 0 Å². The van der Waals surface area contributed by atoms with Crippen molar-refractivity contribution in [2.45, 2.75) is 97.0 Å². The predicted molar refractivity (Wildman–Crippen MR) is 305 cm³/mol. The molecule has 81 heavy (non-hydrogen) atoms. The van der Waals surface area contributed by atoms with Crippen molar-refractivity contribution in [2.75, 3.05) is 98.0 Å². The second kappa shape index (κ2) is 31.0. The molecule has 0 bridgehead atoms. The first-order valence-corrected chi connectivity index (χ1v) is 28.9. The molecule has 3 aromatic heterocycles. The summed E-state index contributed by atoms with van der Waals surface area (Å²) in [6.07, 6.45) is 6.66. The molecule has 0 radical (unpaired) electrons. The van der Waals surface area contributed by atoms with Crippen LogP contribution >= 0.6 is 34.5 Å². The van der Waals surface area contributed by atoms with Crippen LogP contribution in [0.25, 0.3) is 21.6 Å². The lowest BCUT2D eigenvalue weighted by atomic mass is 9.85. The van der Waals surface area contributed by atoms with E-state index in [9.17, 15) is 28.7 Å². The molecule has 2 fully saturated rings. The van der Waals surface area contributed by atoms with E-state index in [2.05, 4.69) is 25.7 Å². The van der Waals surface area contributed by atoms with Gasteiger partial charge in [-0.15, -0.1) is 11.3 Å². The van der Waals surface area contributed by atoms with Gasteiger partial charge in [-0.2, -0.15) is 5.10 Å². The summed E-state index contributed by atoms with van der Waals surface area (Å²) in [7, 11) is 0. The van der Waals surface area contributed by atoms with E-state index < -0.39 is 35.3 Å². The maximum atomic E-state index is 14.0. The minimum absolute atomic E-state index is 0.0141. The van der Waals surface area contributed by atoms with Crippen molar-refractivity contribution in [3.63, 3.8) is 0 Å². The highest BCUT2D eigenvalue weighted by Gasteiger charge is 2.44. The lowest BCUT2D eigenvalue weighted by Crippen LogP contribution is -2.57. The molecule has 2 aliphatic heterocycles. The number of nitrogens with two attached hydrogens (primary N) is 1. The monoisotopic (exact) mass is 1180 g/mol. The van der Waals surface area contributed by atoms with Gasteiger partial charge in [0, 0.05) is 74.0 Å². The van der Waals surface area contributed by atoms with Crippen molar-refractivity contribution in [1.29, 1.82) is 0 Å². The Labute approximate surface area is 486 Å². The Morgan fingerprint density at radius 2 is 1.48 bits per heavy atom. The number of likely N-dealkylation sites (tertiary alicyclic amines) is 2. The predicted octanol–water partition coefficient (Wildman–Crippen LogP) is 6.86. The van der Waals surface area contributed by atoms with Crippen LogP contribution in [0.3, 0.4) is 0 Å². The molecule has 440 valence electrons. The summed E-state index contributed by atoms with van der Waals surface area (Å²) >= 11 is 13.9. The normalized spacial score (nSPS) is 16.2. The number of β-amino-alcohol motifs (C(OH)–C–C–N with tert-alkyl or cyclic N) is 1. The number of nitrogens with zero attached hydrogens (tertiary/aromatic N) is 6. The van der Waals surface area contributed by atoms with Crippen LogP contribution in [0, 0.1) is 18.2 Å². The van der Waals surface area contributed by atoms with Crippen LogP contribution in [0.1, 0.15) is 75.7 Å². The topological polar surface area (TPSA) is 244 Å². The molecule has 0 spiro atoms. The zero-order valence-electron chi connectivity index (χ0n) is 46.3. The molecule has 2 aromatic carbocycles. The highest BCUT2D eigenvalue weighted by Crippen LogP contribution is 2.33. The average molecular weight is 1180 g/mol. The molecule has 5 heterocycles. The molecule has 0 unspecified atom stereocenters. The van der Waals surface area contributed by atoms with E-state index in [-0.39, 0.29) is 93.2 Å². The van der Waals surface area contributed by atoms with Gasteiger partial charge in [0.15, 0.2) is 11.6 Å². The summed E-state index contributed by atoms with van der Waals surface area (Å²) in [6, 6.07) is 10.6. The highest BCUT2D eigenvalue weighted by atomic mass is 35.5. The minimum atomic E-state index is -0.940. The number of hydrogen-bond donors (Lipinski definition) is 4. The molecule has 3 atom stereocenters. The van der Waals surface area contributed by atoms with Crippen LogP contribution < -0.4 is 21.1 Å². The number of aryl methyl sites for hydroxylation is 1. The number of nitrogen functional groups attached to an aromatic ring is 1. The van der Waals surface area contributed by atoms with Gasteiger partial charge >= 0.3 is 0 Å². The molecule has 7 rings (SSSR count). The summed E-state index contributed by atoms with van der Waals surface area (Å²) < 4.78 is 49.8. The quantitative estimate of drug-likeness (QED) is 0.0271. The number of aromatic nitrogens is 4. The molecule has 20 nitrogen and oxygen atoms in total. The Balaban J connectivity index is 0.671. The van der Waals surface area contributed by atoms with E-state index in [1.54, 1.807) is 29.8 Å². The molecule has 2 saturated heterocycles. The van der Waals surface area contributed by atoms with Gasteiger partial charge in [0.05, 0.1) is 119 Å². The molecule has 24 heteroatoms. The van der Waals surface area contributed by atoms with Gasteiger partial charge in [-0.05, 0) is 60.1 Å². The Morgan fingerprint density at radius 1 is 0.840 bits per heavy atom. The second-order valence-electron chi connectivity index (χ2n) is 20.9. The summed E-state index contributed by atoms with van der Waals surface area (Å²) in [6.45, 7) is 12.2. The average Bonchev–Trinajstić information content (AvgIpc) is 4.24. The third-order valence-electron chi connectivity index (χ3n) is 13.9. The van der Waals surface area contributed by atoms with Crippen LogP contribution in [0.15, 0.2) is 66.6 Å². The zero-order chi connectivity index (χ0) is 57.9. The zero-order valence-corrected chi connectivity index (χ0v) is 48.7. The van der Waals surface area contributed by atoms with E-state index in [0.29, 0.717) is 82.3 Å². The molecule has 5 aromatic rings. The number of carbonyl (C=O) groups excluding carboxylic acids is 4. The Kier molecular flexibility index (Phi) is 24.0. The number of carbonyl (C=O) groups is 4. The van der Waals surface area contributed by atoms with Crippen molar-refractivity contribution in [3.05, 3.63) is 99.2 Å². The number of aliphatic hydroxyl groups is 1. The fourth-order valence-corrected chi connectivity index (χ4v) is 10.7. The number of benzene rings is 2. The third kappa shape index (κ3) is 18.6. The molecular formula is C57H74Cl2FN9O11S. The van der Waals surface area contributed by atoms with E-state index in [4.69, 9.17) is 57.4 Å². The van der Waals surface area contributed by atoms with Crippen molar-refractivity contribution in [2.24, 2.45) is 5.41 Å². The number of aliphatic hydroxyl groups excluding tert-OH is 1. The number of halogens is 3. The number of thiazole rings is 1. The summed E-state index contributed by atoms with van der Waals surface area (Å²) in [5.41, 5.74) is 12.2. The minimum Gasteiger partial charge on any atom is -0.489 e.